The lowest BCUT2D eigenvalue weighted by Crippen LogP contribution is -2.28. The maximum absolute atomic E-state index is 12.3. The first kappa shape index (κ1) is 16.7. The van der Waals surface area contributed by atoms with Crippen LogP contribution in [-0.4, -0.2) is 26.9 Å². The van der Waals surface area contributed by atoms with Gasteiger partial charge in [0.25, 0.3) is 5.91 Å². The highest BCUT2D eigenvalue weighted by Crippen LogP contribution is 2.23. The predicted octanol–water partition coefficient (Wildman–Crippen LogP) is 3.12. The molecule has 0 bridgehead atoms. The Hall–Kier alpha value is -3.10. The number of halogens is 3. The molecule has 1 amide bonds. The fourth-order valence-corrected chi connectivity index (χ4v) is 2.31. The number of carbonyl (C=O) groups is 1. The first-order valence-electron chi connectivity index (χ1n) is 7.30. The summed E-state index contributed by atoms with van der Waals surface area (Å²) in [6, 6.07) is 9.64. The minimum Gasteiger partial charge on any atom is -0.406 e. The van der Waals surface area contributed by atoms with Gasteiger partial charge >= 0.3 is 6.36 Å². The monoisotopic (exact) mass is 350 g/mol. The van der Waals surface area contributed by atoms with Crippen LogP contribution in [0.5, 0.6) is 5.75 Å². The third-order valence-electron chi connectivity index (χ3n) is 3.43. The van der Waals surface area contributed by atoms with Crippen molar-refractivity contribution in [3.8, 4) is 5.75 Å². The Labute approximate surface area is 140 Å². The van der Waals surface area contributed by atoms with Gasteiger partial charge in [0.2, 0.25) is 0 Å². The van der Waals surface area contributed by atoms with Crippen LogP contribution in [0.4, 0.5) is 13.2 Å². The number of fused-ring (bicyclic) bond motifs is 1. The zero-order valence-electron chi connectivity index (χ0n) is 13.0. The lowest BCUT2D eigenvalue weighted by molar-refractivity contribution is -0.274. The third kappa shape index (κ3) is 3.87. The van der Waals surface area contributed by atoms with E-state index in [0.29, 0.717) is 11.5 Å². The topological polar surface area (TPSA) is 68.5 Å². The van der Waals surface area contributed by atoms with Crippen LogP contribution in [0.15, 0.2) is 48.7 Å². The standard InChI is InChI=1S/C16H13F3N4O2/c1-10(14-22-21-13-4-2-3-9-23(13)14)20-15(24)11-5-7-12(8-6-11)25-16(17,18)19/h2-10H,1H3,(H,20,24)/t10-/m0/s1. The molecule has 2 aromatic heterocycles. The molecule has 1 N–H and O–H groups in total. The second-order valence-electron chi connectivity index (χ2n) is 5.25. The van der Waals surface area contributed by atoms with E-state index in [1.54, 1.807) is 23.6 Å². The zero-order valence-corrected chi connectivity index (χ0v) is 13.0. The maximum atomic E-state index is 12.3. The Bertz CT molecular complexity index is 890. The molecule has 1 aromatic carbocycles. The van der Waals surface area contributed by atoms with Crippen LogP contribution in [0, 0.1) is 0 Å². The Morgan fingerprint density at radius 2 is 1.88 bits per heavy atom. The van der Waals surface area contributed by atoms with Crippen LogP contribution in [-0.2, 0) is 0 Å². The fourth-order valence-electron chi connectivity index (χ4n) is 2.31. The molecule has 0 radical (unpaired) electrons. The quantitative estimate of drug-likeness (QED) is 0.785. The molecule has 0 unspecified atom stereocenters. The summed E-state index contributed by atoms with van der Waals surface area (Å²) >= 11 is 0. The van der Waals surface area contributed by atoms with Crippen molar-refractivity contribution in [3.05, 3.63) is 60.0 Å². The van der Waals surface area contributed by atoms with Crippen molar-refractivity contribution in [2.45, 2.75) is 19.3 Å². The molecule has 3 aromatic rings. The summed E-state index contributed by atoms with van der Waals surface area (Å²) in [6.07, 6.45) is -3.00. The number of carbonyl (C=O) groups excluding carboxylic acids is 1. The molecule has 0 aliphatic heterocycles. The number of ether oxygens (including phenoxy) is 1. The van der Waals surface area contributed by atoms with E-state index in [4.69, 9.17) is 0 Å². The van der Waals surface area contributed by atoms with Crippen molar-refractivity contribution >= 4 is 11.6 Å². The molecule has 0 fully saturated rings. The largest absolute Gasteiger partial charge is 0.573 e. The number of benzene rings is 1. The van der Waals surface area contributed by atoms with E-state index in [1.165, 1.54) is 12.1 Å². The van der Waals surface area contributed by atoms with Gasteiger partial charge in [-0.3, -0.25) is 9.20 Å². The maximum Gasteiger partial charge on any atom is 0.573 e. The molecule has 25 heavy (non-hydrogen) atoms. The molecule has 2 heterocycles. The van der Waals surface area contributed by atoms with Gasteiger partial charge in [-0.05, 0) is 43.3 Å². The number of nitrogens with zero attached hydrogens (tertiary/aromatic N) is 3. The highest BCUT2D eigenvalue weighted by atomic mass is 19.4. The second-order valence-corrected chi connectivity index (χ2v) is 5.25. The predicted molar refractivity (Wildman–Crippen MR) is 82.0 cm³/mol. The Kier molecular flexibility index (Phi) is 4.30. The normalized spacial score (nSPS) is 12.8. The molecule has 0 aliphatic carbocycles. The molecule has 3 rings (SSSR count). The molecule has 1 atom stereocenters. The summed E-state index contributed by atoms with van der Waals surface area (Å²) in [7, 11) is 0. The molecule has 0 aliphatic rings. The number of nitrogens with one attached hydrogen (secondary N) is 1. The molecule has 6 nitrogen and oxygen atoms in total. The van der Waals surface area contributed by atoms with Crippen LogP contribution in [0.1, 0.15) is 29.1 Å². The van der Waals surface area contributed by atoms with Gasteiger partial charge in [-0.1, -0.05) is 6.07 Å². The first-order valence-corrected chi connectivity index (χ1v) is 7.30. The summed E-state index contributed by atoms with van der Waals surface area (Å²) in [5.41, 5.74) is 0.849. The molecule has 130 valence electrons. The lowest BCUT2D eigenvalue weighted by atomic mass is 10.2. The van der Waals surface area contributed by atoms with E-state index in [0.717, 1.165) is 12.1 Å². The number of alkyl halides is 3. The van der Waals surface area contributed by atoms with Crippen LogP contribution in [0.3, 0.4) is 0 Å². The molecule has 0 spiro atoms. The van der Waals surface area contributed by atoms with Gasteiger partial charge in [0.05, 0.1) is 6.04 Å². The smallest absolute Gasteiger partial charge is 0.406 e. The Morgan fingerprint density at radius 3 is 2.56 bits per heavy atom. The summed E-state index contributed by atoms with van der Waals surface area (Å²) < 4.78 is 41.9. The first-order chi connectivity index (χ1) is 11.8. The van der Waals surface area contributed by atoms with Crippen molar-refractivity contribution in [2.24, 2.45) is 0 Å². The SMILES string of the molecule is C[C@H](NC(=O)c1ccc(OC(F)(F)F)cc1)c1nnc2ccccn12. The minimum atomic E-state index is -4.77. The van der Waals surface area contributed by atoms with Gasteiger partial charge in [-0.15, -0.1) is 23.4 Å². The summed E-state index contributed by atoms with van der Waals surface area (Å²) in [5, 5.41) is 10.8. The number of rotatable bonds is 4. The van der Waals surface area contributed by atoms with E-state index >= 15 is 0 Å². The van der Waals surface area contributed by atoms with Crippen LogP contribution in [0.25, 0.3) is 5.65 Å². The van der Waals surface area contributed by atoms with Gasteiger partial charge in [0, 0.05) is 11.8 Å². The van der Waals surface area contributed by atoms with Gasteiger partial charge in [0.15, 0.2) is 11.5 Å². The summed E-state index contributed by atoms with van der Waals surface area (Å²) in [5.74, 6) is -0.291. The van der Waals surface area contributed by atoms with Crippen LogP contribution in [0.2, 0.25) is 0 Å². The number of hydrogen-bond acceptors (Lipinski definition) is 4. The van der Waals surface area contributed by atoms with Crippen LogP contribution < -0.4 is 10.1 Å². The summed E-state index contributed by atoms with van der Waals surface area (Å²) in [6.45, 7) is 1.74. The van der Waals surface area contributed by atoms with Crippen LogP contribution >= 0.6 is 0 Å². The Morgan fingerprint density at radius 1 is 1.16 bits per heavy atom. The van der Waals surface area contributed by atoms with Crippen molar-refractivity contribution in [3.63, 3.8) is 0 Å². The van der Waals surface area contributed by atoms with Crippen molar-refractivity contribution in [1.29, 1.82) is 0 Å². The molecular formula is C16H13F3N4O2. The average Bonchev–Trinajstić information content (AvgIpc) is 2.98. The van der Waals surface area contributed by atoms with Gasteiger partial charge in [0.1, 0.15) is 5.75 Å². The molecule has 0 saturated carbocycles. The number of aromatic nitrogens is 3. The van der Waals surface area contributed by atoms with Gasteiger partial charge < -0.3 is 10.1 Å². The van der Waals surface area contributed by atoms with E-state index in [9.17, 15) is 18.0 Å². The number of amides is 1. The van der Waals surface area contributed by atoms with Gasteiger partial charge in [-0.25, -0.2) is 0 Å². The van der Waals surface area contributed by atoms with E-state index < -0.39 is 18.3 Å². The molecule has 0 saturated heterocycles. The zero-order chi connectivity index (χ0) is 18.0. The number of pyridine rings is 1. The van der Waals surface area contributed by atoms with Crippen molar-refractivity contribution in [2.75, 3.05) is 0 Å². The van der Waals surface area contributed by atoms with Crippen molar-refractivity contribution in [1.82, 2.24) is 19.9 Å². The highest BCUT2D eigenvalue weighted by molar-refractivity contribution is 5.94. The fraction of sp³-hybridized carbons (Fsp3) is 0.188. The second kappa shape index (κ2) is 6.42. The lowest BCUT2D eigenvalue weighted by Gasteiger charge is -2.13. The number of hydrogen-bond donors (Lipinski definition) is 1. The highest BCUT2D eigenvalue weighted by Gasteiger charge is 2.31. The van der Waals surface area contributed by atoms with Gasteiger partial charge in [-0.2, -0.15) is 0 Å². The minimum absolute atomic E-state index is 0.204. The molecule has 9 heteroatoms. The molecular weight excluding hydrogens is 337 g/mol. The van der Waals surface area contributed by atoms with Crippen molar-refractivity contribution < 1.29 is 22.7 Å². The third-order valence-corrected chi connectivity index (χ3v) is 3.43. The Balaban J connectivity index is 1.71. The van der Waals surface area contributed by atoms with E-state index in [-0.39, 0.29) is 11.3 Å². The van der Waals surface area contributed by atoms with E-state index in [2.05, 4.69) is 20.3 Å². The summed E-state index contributed by atoms with van der Waals surface area (Å²) in [4.78, 5) is 12.3. The average molecular weight is 350 g/mol. The van der Waals surface area contributed by atoms with E-state index in [1.807, 2.05) is 12.1 Å².